The van der Waals surface area contributed by atoms with Crippen molar-refractivity contribution < 1.29 is 8.85 Å². The minimum Gasteiger partial charge on any atom is -0.461 e. The average Bonchev–Trinajstić information content (AvgIpc) is 2.11. The first kappa shape index (κ1) is 21.2. The summed E-state index contributed by atoms with van der Waals surface area (Å²) in [4.78, 5) is 0. The second-order valence-electron chi connectivity index (χ2n) is 3.67. The topological polar surface area (TPSA) is 18.5 Å². The van der Waals surface area contributed by atoms with Gasteiger partial charge in [0.25, 0.3) is 0 Å². The van der Waals surface area contributed by atoms with Gasteiger partial charge in [-0.3, -0.25) is 0 Å². The maximum atomic E-state index is 5.53. The van der Waals surface area contributed by atoms with E-state index in [4.69, 9.17) is 8.85 Å². The molecule has 0 rings (SSSR count). The van der Waals surface area contributed by atoms with E-state index in [1.807, 2.05) is 6.08 Å². The van der Waals surface area contributed by atoms with Gasteiger partial charge in [-0.15, -0.1) is 13.2 Å². The van der Waals surface area contributed by atoms with Gasteiger partial charge in [-0.2, -0.15) is 0 Å². The molecule has 0 aliphatic carbocycles. The molecule has 98 valence electrons. The van der Waals surface area contributed by atoms with Crippen molar-refractivity contribution in [1.29, 1.82) is 0 Å². The smallest absolute Gasteiger partial charge is 0.156 e. The van der Waals surface area contributed by atoms with Crippen molar-refractivity contribution in [2.24, 2.45) is 0 Å². The summed E-state index contributed by atoms with van der Waals surface area (Å²) < 4.78 is 10.6. The molecule has 0 amide bonds. The Morgan fingerprint density at radius 2 is 1.50 bits per heavy atom. The maximum absolute atomic E-state index is 5.53. The Balaban J connectivity index is -0.000000200. The molecule has 4 heteroatoms. The molecule has 0 fully saturated rings. The van der Waals surface area contributed by atoms with Gasteiger partial charge in [0, 0.05) is 0 Å². The Morgan fingerprint density at radius 3 is 1.75 bits per heavy atom. The molecule has 0 aromatic heterocycles. The lowest BCUT2D eigenvalue weighted by Gasteiger charge is -2.07. The Hall–Kier alpha value is -0.166. The van der Waals surface area contributed by atoms with Gasteiger partial charge in [0.1, 0.15) is 0 Å². The van der Waals surface area contributed by atoms with Crippen LogP contribution in [0.1, 0.15) is 13.8 Å². The Morgan fingerprint density at radius 1 is 1.00 bits per heavy atom. The molecule has 0 atom stereocenters. The molecule has 0 aliphatic rings. The summed E-state index contributed by atoms with van der Waals surface area (Å²) in [6.07, 6.45) is 4.50. The zero-order chi connectivity index (χ0) is 12.1. The highest BCUT2D eigenvalue weighted by Gasteiger charge is 1.97. The van der Waals surface area contributed by atoms with Crippen LogP contribution >= 0.6 is 0 Å². The second-order valence-corrected chi connectivity index (χ2v) is 8.96. The molecule has 16 heavy (non-hydrogen) atoms. The summed E-state index contributed by atoms with van der Waals surface area (Å²) in [5, 5.41) is 0. The number of hydrogen-bond donors (Lipinski definition) is 0. The third-order valence-electron chi connectivity index (χ3n) is 1.25. The van der Waals surface area contributed by atoms with Crippen molar-refractivity contribution in [2.75, 3.05) is 13.2 Å². The van der Waals surface area contributed by atoms with Crippen LogP contribution in [0.3, 0.4) is 0 Å². The number of hydrogen-bond acceptors (Lipinski definition) is 2. The molecule has 0 spiro atoms. The van der Waals surface area contributed by atoms with E-state index < -0.39 is 18.1 Å². The summed E-state index contributed by atoms with van der Waals surface area (Å²) in [7, 11) is -1.33. The zero-order valence-corrected chi connectivity index (χ0v) is 13.0. The fourth-order valence-electron chi connectivity index (χ4n) is 0.878. The predicted octanol–water partition coefficient (Wildman–Crippen LogP) is 3.37. The molecule has 0 heterocycles. The first-order valence-electron chi connectivity index (χ1n) is 5.49. The van der Waals surface area contributed by atoms with Crippen LogP contribution in [0.4, 0.5) is 0 Å². The van der Waals surface area contributed by atoms with E-state index in [1.165, 1.54) is 0 Å². The normalized spacial score (nSPS) is 9.12. The lowest BCUT2D eigenvalue weighted by molar-refractivity contribution is 0.168. The molecule has 0 saturated carbocycles. The molecule has 0 unspecified atom stereocenters. The van der Waals surface area contributed by atoms with Crippen molar-refractivity contribution in [3.63, 3.8) is 0 Å². The molecule has 0 aromatic rings. The van der Waals surface area contributed by atoms with E-state index in [1.54, 1.807) is 6.08 Å². The highest BCUT2D eigenvalue weighted by atomic mass is 28.4. The Labute approximate surface area is 106 Å². The largest absolute Gasteiger partial charge is 0.461 e. The van der Waals surface area contributed by atoms with Crippen molar-refractivity contribution in [3.05, 3.63) is 25.3 Å². The van der Waals surface area contributed by atoms with Crippen molar-refractivity contribution in [2.45, 2.75) is 40.0 Å². The average molecular weight is 263 g/mol. The van der Waals surface area contributed by atoms with Crippen molar-refractivity contribution in [1.82, 2.24) is 0 Å². The quantitative estimate of drug-likeness (QED) is 0.398. The first-order valence-corrected chi connectivity index (χ1v) is 11.1. The minimum absolute atomic E-state index is 0. The predicted molar refractivity (Wildman–Crippen MR) is 81.4 cm³/mol. The van der Waals surface area contributed by atoms with Crippen LogP contribution in [0.5, 0.6) is 0 Å². The van der Waals surface area contributed by atoms with Crippen LogP contribution in [-0.4, -0.2) is 31.3 Å². The summed E-state index contributed by atoms with van der Waals surface area (Å²) >= 11 is 0. The van der Waals surface area contributed by atoms with Gasteiger partial charge in [-0.05, 0) is 32.6 Å². The lowest BCUT2D eigenvalue weighted by Crippen LogP contribution is -2.17. The number of ether oxygens (including phenoxy) is 1. The van der Waals surface area contributed by atoms with E-state index in [9.17, 15) is 0 Å². The van der Waals surface area contributed by atoms with E-state index >= 15 is 0 Å². The zero-order valence-electron chi connectivity index (χ0n) is 10.7. The molecule has 0 radical (unpaired) electrons. The molecule has 0 aliphatic heterocycles. The van der Waals surface area contributed by atoms with Crippen molar-refractivity contribution >= 4 is 18.1 Å². The van der Waals surface area contributed by atoms with Gasteiger partial charge in [0.2, 0.25) is 0 Å². The molecule has 0 bridgehead atoms. The molecule has 0 saturated heterocycles. The summed E-state index contributed by atoms with van der Waals surface area (Å²) in [6, 6.07) is 0. The minimum atomic E-state index is -0.667. The Kier molecular flexibility index (Phi) is 22.8. The van der Waals surface area contributed by atoms with Gasteiger partial charge in [-0.25, -0.2) is 0 Å². The van der Waals surface area contributed by atoms with Crippen molar-refractivity contribution in [3.8, 4) is 0 Å². The summed E-state index contributed by atoms with van der Waals surface area (Å²) in [6.45, 7) is 17.3. The van der Waals surface area contributed by atoms with E-state index in [0.717, 1.165) is 13.0 Å². The van der Waals surface area contributed by atoms with Crippen LogP contribution in [0, 0.1) is 0 Å². The fraction of sp³-hybridized carbons (Fsp3) is 0.667. The van der Waals surface area contributed by atoms with Crippen LogP contribution in [0.2, 0.25) is 26.2 Å². The maximum Gasteiger partial charge on any atom is 0.156 e. The van der Waals surface area contributed by atoms with E-state index in [0.29, 0.717) is 6.61 Å². The Bertz CT molecular complexity index is 132. The highest BCUT2D eigenvalue weighted by Crippen LogP contribution is 1.87. The molecule has 2 nitrogen and oxygen atoms in total. The summed E-state index contributed by atoms with van der Waals surface area (Å²) in [5.74, 6) is 0. The van der Waals surface area contributed by atoms with Crippen LogP contribution in [0.15, 0.2) is 25.3 Å². The SMILES string of the molecule is C.C=CCCOCC=C.C[SiH](C)O[SiH](C)C. The van der Waals surface area contributed by atoms with Gasteiger partial charge in [-0.1, -0.05) is 19.6 Å². The third-order valence-corrected chi connectivity index (χ3v) is 5.60. The van der Waals surface area contributed by atoms with E-state index in [-0.39, 0.29) is 7.43 Å². The number of rotatable bonds is 7. The van der Waals surface area contributed by atoms with Gasteiger partial charge in [0.15, 0.2) is 18.1 Å². The van der Waals surface area contributed by atoms with Gasteiger partial charge < -0.3 is 8.85 Å². The van der Waals surface area contributed by atoms with Crippen LogP contribution in [0.25, 0.3) is 0 Å². The van der Waals surface area contributed by atoms with E-state index in [2.05, 4.69) is 39.3 Å². The summed E-state index contributed by atoms with van der Waals surface area (Å²) in [5.41, 5.74) is 0. The highest BCUT2D eigenvalue weighted by molar-refractivity contribution is 6.63. The van der Waals surface area contributed by atoms with Crippen LogP contribution < -0.4 is 0 Å². The standard InChI is InChI=1S/C7H12O.C4H14OSi2.CH4/c1-3-5-7-8-6-4-2;1-6(2)5-7(3)4;/h3-4H,1-2,5-7H2;6-7H,1-4H3;1H4. The van der Waals surface area contributed by atoms with Gasteiger partial charge in [0.05, 0.1) is 13.2 Å². The molecule has 0 aromatic carbocycles. The molecular weight excluding hydrogens is 232 g/mol. The molecular formula is C12H30O2Si2. The lowest BCUT2D eigenvalue weighted by atomic mass is 10.5. The first-order chi connectivity index (χ1) is 7.04. The monoisotopic (exact) mass is 262 g/mol. The van der Waals surface area contributed by atoms with Crippen LogP contribution in [-0.2, 0) is 8.85 Å². The third kappa shape index (κ3) is 29.2. The fourth-order valence-corrected chi connectivity index (χ4v) is 5.23. The van der Waals surface area contributed by atoms with Gasteiger partial charge >= 0.3 is 0 Å². The second kappa shape index (κ2) is 17.2. The molecule has 0 N–H and O–H groups in total.